The van der Waals surface area contributed by atoms with Gasteiger partial charge in [0.2, 0.25) is 5.95 Å². The maximum absolute atomic E-state index is 13.0. The van der Waals surface area contributed by atoms with Crippen LogP contribution in [-0.2, 0) is 7.05 Å². The van der Waals surface area contributed by atoms with Gasteiger partial charge in [-0.1, -0.05) is 32.0 Å². The number of aliphatic hydroxyl groups is 1. The predicted octanol–water partition coefficient (Wildman–Crippen LogP) is 2.66. The summed E-state index contributed by atoms with van der Waals surface area (Å²) in [6.07, 6.45) is 3.33. The van der Waals surface area contributed by atoms with Crippen LogP contribution >= 0.6 is 0 Å². The quantitative estimate of drug-likeness (QED) is 0.560. The van der Waals surface area contributed by atoms with E-state index in [1.54, 1.807) is 23.0 Å². The number of para-hydroxylation sites is 1. The molecule has 0 aliphatic carbocycles. The minimum Gasteiger partial charge on any atom is -0.396 e. The van der Waals surface area contributed by atoms with Crippen LogP contribution in [0.25, 0.3) is 27.9 Å². The third-order valence-electron chi connectivity index (χ3n) is 5.00. The summed E-state index contributed by atoms with van der Waals surface area (Å²) in [7, 11) is 1.98. The number of rotatable bonds is 5. The first-order valence-electron chi connectivity index (χ1n) is 9.18. The Bertz CT molecular complexity index is 1160. The van der Waals surface area contributed by atoms with Gasteiger partial charge in [-0.25, -0.2) is 9.97 Å². The van der Waals surface area contributed by atoms with Gasteiger partial charge in [0.05, 0.1) is 16.6 Å². The van der Waals surface area contributed by atoms with Crippen LogP contribution in [0.2, 0.25) is 0 Å². The van der Waals surface area contributed by atoms with Gasteiger partial charge in [-0.3, -0.25) is 9.36 Å². The van der Waals surface area contributed by atoms with Gasteiger partial charge in [0.25, 0.3) is 5.91 Å². The second kappa shape index (κ2) is 6.76. The molecule has 3 heterocycles. The first-order chi connectivity index (χ1) is 13.4. The number of fused-ring (bicyclic) bond motifs is 3. The molecule has 4 rings (SSSR count). The van der Waals surface area contributed by atoms with Crippen molar-refractivity contribution in [1.82, 2.24) is 24.4 Å². The summed E-state index contributed by atoms with van der Waals surface area (Å²) in [4.78, 5) is 21.8. The molecule has 2 N–H and O–H groups in total. The normalized spacial score (nSPS) is 12.0. The first kappa shape index (κ1) is 18.2. The smallest absolute Gasteiger partial charge is 0.268 e. The molecule has 7 nitrogen and oxygen atoms in total. The van der Waals surface area contributed by atoms with Gasteiger partial charge in [0.1, 0.15) is 5.69 Å². The number of aliphatic hydroxyl groups excluding tert-OH is 1. The number of benzene rings is 1. The van der Waals surface area contributed by atoms with Gasteiger partial charge < -0.3 is 15.0 Å². The van der Waals surface area contributed by atoms with Crippen LogP contribution in [0.4, 0.5) is 0 Å². The van der Waals surface area contributed by atoms with Crippen molar-refractivity contribution in [2.24, 2.45) is 12.5 Å². The molecule has 0 aliphatic rings. The van der Waals surface area contributed by atoms with Crippen LogP contribution in [0.15, 0.2) is 48.8 Å². The molecule has 0 bridgehead atoms. The molecule has 144 valence electrons. The molecule has 28 heavy (non-hydrogen) atoms. The lowest BCUT2D eigenvalue weighted by Gasteiger charge is -2.22. The number of amides is 1. The molecular formula is C21H23N5O2. The fraction of sp³-hybridized carbons (Fsp3) is 0.286. The number of hydrogen-bond donors (Lipinski definition) is 2. The maximum atomic E-state index is 13.0. The van der Waals surface area contributed by atoms with Crippen molar-refractivity contribution in [2.45, 2.75) is 13.8 Å². The van der Waals surface area contributed by atoms with Crippen LogP contribution in [0.5, 0.6) is 0 Å². The van der Waals surface area contributed by atoms with Crippen LogP contribution in [0.3, 0.4) is 0 Å². The lowest BCUT2D eigenvalue weighted by molar-refractivity contribution is 0.0904. The summed E-state index contributed by atoms with van der Waals surface area (Å²) in [5.41, 5.74) is 2.97. The van der Waals surface area contributed by atoms with Crippen molar-refractivity contribution in [3.8, 4) is 5.95 Å². The Labute approximate surface area is 162 Å². The molecule has 0 saturated heterocycles. The molecule has 0 saturated carbocycles. The van der Waals surface area contributed by atoms with Crippen molar-refractivity contribution < 1.29 is 9.90 Å². The Morgan fingerprint density at radius 1 is 1.14 bits per heavy atom. The standard InChI is InChI=1S/C21H23N5O2/c1-21(2,13-27)12-24-19(28)17-11-16-18(26(17)20-22-9-6-10-23-20)14-7-4-5-8-15(14)25(16)3/h4-11,27H,12-13H2,1-3H3,(H,24,28). The zero-order valence-corrected chi connectivity index (χ0v) is 16.2. The number of hydrogen-bond acceptors (Lipinski definition) is 4. The Kier molecular flexibility index (Phi) is 4.39. The third kappa shape index (κ3) is 2.93. The fourth-order valence-corrected chi connectivity index (χ4v) is 3.36. The molecule has 1 amide bonds. The molecule has 1 aromatic carbocycles. The molecule has 0 atom stereocenters. The van der Waals surface area contributed by atoms with E-state index in [1.807, 2.05) is 45.2 Å². The number of nitrogens with zero attached hydrogens (tertiary/aromatic N) is 4. The number of carbonyl (C=O) groups is 1. The van der Waals surface area contributed by atoms with E-state index < -0.39 is 5.41 Å². The third-order valence-corrected chi connectivity index (χ3v) is 5.00. The molecule has 4 aromatic rings. The lowest BCUT2D eigenvalue weighted by Crippen LogP contribution is -2.36. The molecule has 3 aromatic heterocycles. The van der Waals surface area contributed by atoms with E-state index in [0.717, 1.165) is 21.9 Å². The Morgan fingerprint density at radius 3 is 2.57 bits per heavy atom. The van der Waals surface area contributed by atoms with Crippen LogP contribution in [0, 0.1) is 5.41 Å². The average molecular weight is 377 g/mol. The van der Waals surface area contributed by atoms with Gasteiger partial charge in [-0.15, -0.1) is 0 Å². The summed E-state index contributed by atoms with van der Waals surface area (Å²) in [5, 5.41) is 13.4. The fourth-order valence-electron chi connectivity index (χ4n) is 3.36. The van der Waals surface area contributed by atoms with E-state index in [1.165, 1.54) is 0 Å². The minimum absolute atomic E-state index is 0.0112. The summed E-state index contributed by atoms with van der Waals surface area (Å²) in [6.45, 7) is 4.15. The van der Waals surface area contributed by atoms with Gasteiger partial charge >= 0.3 is 0 Å². The van der Waals surface area contributed by atoms with Crippen LogP contribution in [-0.4, -0.2) is 43.3 Å². The highest BCUT2D eigenvalue weighted by atomic mass is 16.3. The van der Waals surface area contributed by atoms with E-state index >= 15 is 0 Å². The second-order valence-corrected chi connectivity index (χ2v) is 7.73. The number of carbonyl (C=O) groups excluding carboxylic acids is 1. The Balaban J connectivity index is 1.91. The molecule has 0 unspecified atom stereocenters. The Morgan fingerprint density at radius 2 is 1.86 bits per heavy atom. The van der Waals surface area contributed by atoms with Crippen molar-refractivity contribution in [1.29, 1.82) is 0 Å². The molecule has 0 spiro atoms. The van der Waals surface area contributed by atoms with E-state index in [2.05, 4.69) is 25.9 Å². The highest BCUT2D eigenvalue weighted by Gasteiger charge is 2.24. The number of nitrogens with one attached hydrogen (secondary N) is 1. The monoisotopic (exact) mass is 377 g/mol. The largest absolute Gasteiger partial charge is 0.396 e. The number of aryl methyl sites for hydroxylation is 1. The summed E-state index contributed by atoms with van der Waals surface area (Å²) in [5.74, 6) is 0.217. The second-order valence-electron chi connectivity index (χ2n) is 7.73. The van der Waals surface area contributed by atoms with E-state index in [0.29, 0.717) is 18.2 Å². The lowest BCUT2D eigenvalue weighted by atomic mass is 9.95. The summed E-state index contributed by atoms with van der Waals surface area (Å²) >= 11 is 0. The molecule has 0 radical (unpaired) electrons. The van der Waals surface area contributed by atoms with E-state index in [4.69, 9.17) is 0 Å². The summed E-state index contributed by atoms with van der Waals surface area (Å²) in [6, 6.07) is 11.7. The van der Waals surface area contributed by atoms with Crippen LogP contribution in [0.1, 0.15) is 24.3 Å². The van der Waals surface area contributed by atoms with E-state index in [-0.39, 0.29) is 12.5 Å². The SMILES string of the molecule is Cn1c2ccccc2c2c1cc(C(=O)NCC(C)(C)CO)n2-c1ncccn1. The minimum atomic E-state index is -0.400. The maximum Gasteiger partial charge on any atom is 0.268 e. The summed E-state index contributed by atoms with van der Waals surface area (Å²) < 4.78 is 3.87. The highest BCUT2D eigenvalue weighted by molar-refractivity contribution is 6.10. The topological polar surface area (TPSA) is 85.0 Å². The first-order valence-corrected chi connectivity index (χ1v) is 9.18. The molecule has 0 aliphatic heterocycles. The van der Waals surface area contributed by atoms with Gasteiger partial charge in [0, 0.05) is 43.4 Å². The van der Waals surface area contributed by atoms with Gasteiger partial charge in [-0.2, -0.15) is 0 Å². The Hall–Kier alpha value is -3.19. The van der Waals surface area contributed by atoms with Crippen LogP contribution < -0.4 is 5.32 Å². The van der Waals surface area contributed by atoms with Crippen molar-refractivity contribution in [3.63, 3.8) is 0 Å². The molecular weight excluding hydrogens is 354 g/mol. The predicted molar refractivity (Wildman–Crippen MR) is 109 cm³/mol. The average Bonchev–Trinajstić information content (AvgIpc) is 3.24. The van der Waals surface area contributed by atoms with E-state index in [9.17, 15) is 9.90 Å². The zero-order valence-electron chi connectivity index (χ0n) is 16.2. The number of aromatic nitrogens is 4. The van der Waals surface area contributed by atoms with Gasteiger partial charge in [-0.05, 0) is 18.2 Å². The van der Waals surface area contributed by atoms with Crippen molar-refractivity contribution in [3.05, 3.63) is 54.5 Å². The molecule has 0 fully saturated rings. The highest BCUT2D eigenvalue weighted by Crippen LogP contribution is 2.32. The van der Waals surface area contributed by atoms with Crippen molar-refractivity contribution in [2.75, 3.05) is 13.2 Å². The molecule has 7 heteroatoms. The zero-order chi connectivity index (χ0) is 19.9. The van der Waals surface area contributed by atoms with Gasteiger partial charge in [0.15, 0.2) is 0 Å². The van der Waals surface area contributed by atoms with Crippen molar-refractivity contribution >= 4 is 27.8 Å².